The van der Waals surface area contributed by atoms with Gasteiger partial charge in [-0.2, -0.15) is 0 Å². The Balaban J connectivity index is 1.43. The van der Waals surface area contributed by atoms with Gasteiger partial charge in [-0.05, 0) is 48.9 Å². The van der Waals surface area contributed by atoms with Crippen molar-refractivity contribution in [3.63, 3.8) is 0 Å². The Morgan fingerprint density at radius 2 is 1.48 bits per heavy atom. The van der Waals surface area contributed by atoms with E-state index in [1.54, 1.807) is 4.90 Å². The lowest BCUT2D eigenvalue weighted by Gasteiger charge is -2.32. The van der Waals surface area contributed by atoms with Gasteiger partial charge in [-0.25, -0.2) is 4.79 Å². The first kappa shape index (κ1) is 20.9. The van der Waals surface area contributed by atoms with Gasteiger partial charge >= 0.3 is 6.03 Å². The van der Waals surface area contributed by atoms with Crippen molar-refractivity contribution in [2.75, 3.05) is 18.4 Å². The normalized spacial score (nSPS) is 16.1. The first-order chi connectivity index (χ1) is 15.0. The van der Waals surface area contributed by atoms with Crippen LogP contribution in [-0.4, -0.2) is 29.8 Å². The Bertz CT molecular complexity index is 1050. The molecule has 31 heavy (non-hydrogen) atoms. The highest BCUT2D eigenvalue weighted by Crippen LogP contribution is 2.25. The van der Waals surface area contributed by atoms with E-state index in [1.807, 2.05) is 74.5 Å². The molecular formula is C27H28N2O2. The molecule has 0 aliphatic carbocycles. The molecule has 1 aliphatic rings. The number of hydrogen-bond donors (Lipinski definition) is 1. The fourth-order valence-electron chi connectivity index (χ4n) is 4.27. The van der Waals surface area contributed by atoms with Crippen LogP contribution in [0.3, 0.4) is 0 Å². The van der Waals surface area contributed by atoms with Crippen molar-refractivity contribution < 1.29 is 9.59 Å². The predicted octanol–water partition coefficient (Wildman–Crippen LogP) is 6.10. The van der Waals surface area contributed by atoms with Gasteiger partial charge in [-0.3, -0.25) is 4.79 Å². The second-order valence-corrected chi connectivity index (χ2v) is 8.29. The van der Waals surface area contributed by atoms with Gasteiger partial charge in [0.05, 0.1) is 0 Å². The number of ketones is 1. The number of benzene rings is 3. The summed E-state index contributed by atoms with van der Waals surface area (Å²) in [4.78, 5) is 27.8. The van der Waals surface area contributed by atoms with E-state index in [2.05, 4.69) is 17.4 Å². The van der Waals surface area contributed by atoms with Gasteiger partial charge in [0.2, 0.25) is 0 Å². The van der Waals surface area contributed by atoms with E-state index in [0.29, 0.717) is 18.7 Å². The number of likely N-dealkylation sites (tertiary alicyclic amines) is 1. The molecule has 1 fully saturated rings. The van der Waals surface area contributed by atoms with Crippen LogP contribution in [-0.2, 0) is 0 Å². The number of nitrogens with one attached hydrogen (secondary N) is 1. The Kier molecular flexibility index (Phi) is 6.17. The molecule has 1 saturated heterocycles. The van der Waals surface area contributed by atoms with Gasteiger partial charge in [0.1, 0.15) is 0 Å². The third-order valence-corrected chi connectivity index (χ3v) is 6.07. The molecule has 1 heterocycles. The zero-order chi connectivity index (χ0) is 21.8. The van der Waals surface area contributed by atoms with Gasteiger partial charge in [0, 0.05) is 30.3 Å². The minimum atomic E-state index is -0.167. The molecule has 3 aromatic carbocycles. The maximum atomic E-state index is 13.1. The highest BCUT2D eigenvalue weighted by atomic mass is 16.2. The molecule has 158 valence electrons. The van der Waals surface area contributed by atoms with Crippen LogP contribution in [0.25, 0.3) is 11.1 Å². The van der Waals surface area contributed by atoms with Gasteiger partial charge in [-0.1, -0.05) is 72.8 Å². The molecule has 1 aliphatic heterocycles. The molecule has 1 atom stereocenters. The summed E-state index contributed by atoms with van der Waals surface area (Å²) >= 11 is 0. The van der Waals surface area contributed by atoms with E-state index in [-0.39, 0.29) is 17.7 Å². The first-order valence-corrected chi connectivity index (χ1v) is 10.8. The highest BCUT2D eigenvalue weighted by Gasteiger charge is 2.29. The van der Waals surface area contributed by atoms with Crippen LogP contribution in [0.5, 0.6) is 0 Å². The third-order valence-electron chi connectivity index (χ3n) is 6.07. The summed E-state index contributed by atoms with van der Waals surface area (Å²) in [6.07, 6.45) is 1.64. The molecule has 0 spiro atoms. The van der Waals surface area contributed by atoms with E-state index in [9.17, 15) is 9.59 Å². The third kappa shape index (κ3) is 4.69. The van der Waals surface area contributed by atoms with Crippen LogP contribution in [0.4, 0.5) is 10.5 Å². The van der Waals surface area contributed by atoms with Crippen LogP contribution in [0.1, 0.15) is 34.3 Å². The number of para-hydroxylation sites is 1. The second kappa shape index (κ2) is 9.17. The first-order valence-electron chi connectivity index (χ1n) is 10.8. The minimum absolute atomic E-state index is 0.115. The molecule has 0 saturated carbocycles. The molecule has 3 aromatic rings. The van der Waals surface area contributed by atoms with E-state index in [1.165, 1.54) is 0 Å². The number of aryl methyl sites for hydroxylation is 2. The van der Waals surface area contributed by atoms with E-state index in [0.717, 1.165) is 40.8 Å². The molecule has 0 radical (unpaired) electrons. The van der Waals surface area contributed by atoms with Gasteiger partial charge in [0.25, 0.3) is 0 Å². The van der Waals surface area contributed by atoms with E-state index >= 15 is 0 Å². The summed E-state index contributed by atoms with van der Waals surface area (Å²) in [5.74, 6) is -0.0516. The average Bonchev–Trinajstić information content (AvgIpc) is 2.82. The zero-order valence-electron chi connectivity index (χ0n) is 18.1. The number of piperidine rings is 1. The van der Waals surface area contributed by atoms with Crippen molar-refractivity contribution in [1.29, 1.82) is 0 Å². The number of anilines is 1. The molecule has 0 unspecified atom stereocenters. The van der Waals surface area contributed by atoms with Crippen molar-refractivity contribution in [1.82, 2.24) is 4.90 Å². The topological polar surface area (TPSA) is 49.4 Å². The number of Topliss-reactive ketones (excluding diaryl/α,β-unsaturated/α-hetero) is 1. The highest BCUT2D eigenvalue weighted by molar-refractivity contribution is 5.99. The Morgan fingerprint density at radius 1 is 0.839 bits per heavy atom. The number of rotatable bonds is 4. The minimum Gasteiger partial charge on any atom is -0.324 e. The summed E-state index contributed by atoms with van der Waals surface area (Å²) in [5, 5.41) is 3.05. The second-order valence-electron chi connectivity index (χ2n) is 8.29. The van der Waals surface area contributed by atoms with Crippen molar-refractivity contribution in [3.8, 4) is 11.1 Å². The SMILES string of the molecule is Cc1cccc(C)c1NC(=O)N1CCC[C@H](C(=O)c2ccc(-c3ccccc3)cc2)C1. The largest absolute Gasteiger partial charge is 0.324 e. The number of nitrogens with zero attached hydrogens (tertiary/aromatic N) is 1. The Morgan fingerprint density at radius 3 is 2.16 bits per heavy atom. The smallest absolute Gasteiger partial charge is 0.321 e. The molecule has 4 rings (SSSR count). The van der Waals surface area contributed by atoms with Gasteiger partial charge in [-0.15, -0.1) is 0 Å². The summed E-state index contributed by atoms with van der Waals surface area (Å²) in [5.41, 5.74) is 5.87. The van der Waals surface area contributed by atoms with Crippen LogP contribution in [0.2, 0.25) is 0 Å². The van der Waals surface area contributed by atoms with Gasteiger partial charge in [0.15, 0.2) is 5.78 Å². The molecule has 0 aromatic heterocycles. The zero-order valence-corrected chi connectivity index (χ0v) is 18.1. The van der Waals surface area contributed by atoms with Gasteiger partial charge < -0.3 is 10.2 Å². The predicted molar refractivity (Wildman–Crippen MR) is 125 cm³/mol. The van der Waals surface area contributed by atoms with Crippen LogP contribution in [0, 0.1) is 19.8 Å². The summed E-state index contributed by atoms with van der Waals surface area (Å²) < 4.78 is 0. The maximum absolute atomic E-state index is 13.1. The summed E-state index contributed by atoms with van der Waals surface area (Å²) in [7, 11) is 0. The average molecular weight is 413 g/mol. The molecule has 4 nitrogen and oxygen atoms in total. The lowest BCUT2D eigenvalue weighted by molar-refractivity contribution is 0.0851. The standard InChI is InChI=1S/C27H28N2O2/c1-19-8-6-9-20(2)25(19)28-27(31)29-17-7-12-24(18-29)26(30)23-15-13-22(14-16-23)21-10-4-3-5-11-21/h3-6,8-11,13-16,24H,7,12,17-18H2,1-2H3,(H,28,31)/t24-/m0/s1. The lowest BCUT2D eigenvalue weighted by Crippen LogP contribution is -2.44. The van der Waals surface area contributed by atoms with Crippen molar-refractivity contribution in [2.24, 2.45) is 5.92 Å². The Labute approximate surface area is 183 Å². The van der Waals surface area contributed by atoms with Crippen LogP contribution < -0.4 is 5.32 Å². The van der Waals surface area contributed by atoms with Crippen LogP contribution in [0.15, 0.2) is 72.8 Å². The summed E-state index contributed by atoms with van der Waals surface area (Å²) in [6, 6.07) is 23.8. The molecule has 4 heteroatoms. The number of amides is 2. The maximum Gasteiger partial charge on any atom is 0.321 e. The van der Waals surface area contributed by atoms with E-state index < -0.39 is 0 Å². The van der Waals surface area contributed by atoms with E-state index in [4.69, 9.17) is 0 Å². The lowest BCUT2D eigenvalue weighted by atomic mass is 9.89. The summed E-state index contributed by atoms with van der Waals surface area (Å²) in [6.45, 7) is 5.11. The number of urea groups is 1. The van der Waals surface area contributed by atoms with Crippen molar-refractivity contribution in [3.05, 3.63) is 89.5 Å². The fraction of sp³-hybridized carbons (Fsp3) is 0.259. The van der Waals surface area contributed by atoms with Crippen molar-refractivity contribution in [2.45, 2.75) is 26.7 Å². The fourth-order valence-corrected chi connectivity index (χ4v) is 4.27. The Hall–Kier alpha value is -3.40. The number of carbonyl (C=O) groups excluding carboxylic acids is 2. The monoisotopic (exact) mass is 412 g/mol. The molecule has 2 amide bonds. The molecular weight excluding hydrogens is 384 g/mol. The number of hydrogen-bond acceptors (Lipinski definition) is 2. The number of carbonyl (C=O) groups is 2. The quantitative estimate of drug-likeness (QED) is 0.527. The molecule has 0 bridgehead atoms. The van der Waals surface area contributed by atoms with Crippen molar-refractivity contribution >= 4 is 17.5 Å². The molecule has 1 N–H and O–H groups in total. The van der Waals surface area contributed by atoms with Crippen LogP contribution >= 0.6 is 0 Å².